The van der Waals surface area contributed by atoms with E-state index in [9.17, 15) is 4.79 Å². The number of aromatic nitrogens is 3. The van der Waals surface area contributed by atoms with Gasteiger partial charge < -0.3 is 19.5 Å². The molecule has 2 saturated heterocycles. The van der Waals surface area contributed by atoms with Crippen molar-refractivity contribution in [3.63, 3.8) is 0 Å². The van der Waals surface area contributed by atoms with Gasteiger partial charge in [0.25, 0.3) is 0 Å². The van der Waals surface area contributed by atoms with Crippen LogP contribution in [0.2, 0.25) is 0 Å². The molecule has 1 N–H and O–H groups in total. The van der Waals surface area contributed by atoms with Crippen molar-refractivity contribution in [1.82, 2.24) is 25.0 Å². The summed E-state index contributed by atoms with van der Waals surface area (Å²) in [7, 11) is 0. The SMILES string of the molecule is CC(C)CCNC(=O)N1CC(c2nncn2CC2CC2)C2(CCOCC2)C1. The highest BCUT2D eigenvalue weighted by Gasteiger charge is 2.51. The number of ether oxygens (including phenoxy) is 1. The monoisotopic (exact) mass is 375 g/mol. The van der Waals surface area contributed by atoms with E-state index in [1.54, 1.807) is 0 Å². The van der Waals surface area contributed by atoms with Gasteiger partial charge in [0.15, 0.2) is 0 Å². The molecule has 3 aliphatic rings. The Hall–Kier alpha value is -1.63. The smallest absolute Gasteiger partial charge is 0.317 e. The van der Waals surface area contributed by atoms with Crippen LogP contribution in [-0.2, 0) is 11.3 Å². The first-order valence-corrected chi connectivity index (χ1v) is 10.6. The summed E-state index contributed by atoms with van der Waals surface area (Å²) in [6.45, 7) is 9.20. The molecule has 3 fully saturated rings. The van der Waals surface area contributed by atoms with Gasteiger partial charge in [0.2, 0.25) is 0 Å². The van der Waals surface area contributed by atoms with E-state index in [1.807, 2.05) is 11.2 Å². The number of amides is 2. The van der Waals surface area contributed by atoms with Crippen LogP contribution in [0.5, 0.6) is 0 Å². The van der Waals surface area contributed by atoms with Gasteiger partial charge in [0.05, 0.1) is 0 Å². The van der Waals surface area contributed by atoms with Crippen molar-refractivity contribution >= 4 is 6.03 Å². The minimum atomic E-state index is 0.0669. The number of urea groups is 1. The van der Waals surface area contributed by atoms with Crippen molar-refractivity contribution in [1.29, 1.82) is 0 Å². The summed E-state index contributed by atoms with van der Waals surface area (Å²) >= 11 is 0. The predicted molar refractivity (Wildman–Crippen MR) is 102 cm³/mol. The van der Waals surface area contributed by atoms with Crippen LogP contribution in [0.3, 0.4) is 0 Å². The fourth-order valence-corrected chi connectivity index (χ4v) is 4.60. The maximum atomic E-state index is 12.8. The molecule has 150 valence electrons. The van der Waals surface area contributed by atoms with Crippen LogP contribution in [0, 0.1) is 17.3 Å². The number of rotatable bonds is 6. The Morgan fingerprint density at radius 2 is 2.15 bits per heavy atom. The van der Waals surface area contributed by atoms with Crippen molar-refractivity contribution in [3.8, 4) is 0 Å². The van der Waals surface area contributed by atoms with Crippen LogP contribution >= 0.6 is 0 Å². The minimum absolute atomic E-state index is 0.0669. The van der Waals surface area contributed by atoms with E-state index in [2.05, 4.69) is 33.9 Å². The molecule has 27 heavy (non-hydrogen) atoms. The molecule has 3 heterocycles. The number of hydrogen-bond acceptors (Lipinski definition) is 4. The first-order chi connectivity index (χ1) is 13.1. The zero-order valence-electron chi connectivity index (χ0n) is 16.7. The fourth-order valence-electron chi connectivity index (χ4n) is 4.60. The molecule has 1 spiro atoms. The van der Waals surface area contributed by atoms with Gasteiger partial charge in [-0.15, -0.1) is 10.2 Å². The van der Waals surface area contributed by atoms with Crippen LogP contribution in [0.15, 0.2) is 6.33 Å². The van der Waals surface area contributed by atoms with Crippen LogP contribution in [-0.4, -0.2) is 58.5 Å². The van der Waals surface area contributed by atoms with E-state index < -0.39 is 0 Å². The Balaban J connectivity index is 1.50. The Labute approximate surface area is 161 Å². The van der Waals surface area contributed by atoms with Gasteiger partial charge in [-0.05, 0) is 43.9 Å². The average molecular weight is 376 g/mol. The zero-order chi connectivity index (χ0) is 18.9. The van der Waals surface area contributed by atoms with E-state index in [-0.39, 0.29) is 17.4 Å². The molecule has 1 aromatic rings. The van der Waals surface area contributed by atoms with Crippen LogP contribution in [0.1, 0.15) is 57.7 Å². The van der Waals surface area contributed by atoms with Gasteiger partial charge in [-0.1, -0.05) is 13.8 Å². The maximum Gasteiger partial charge on any atom is 0.317 e. The van der Waals surface area contributed by atoms with Gasteiger partial charge in [-0.2, -0.15) is 0 Å². The Bertz CT molecular complexity index is 649. The molecule has 2 amide bonds. The van der Waals surface area contributed by atoms with E-state index in [4.69, 9.17) is 4.74 Å². The molecule has 1 saturated carbocycles. The molecule has 0 aromatic carbocycles. The molecule has 1 aliphatic carbocycles. The number of hydrogen-bond donors (Lipinski definition) is 1. The summed E-state index contributed by atoms with van der Waals surface area (Å²) in [5.74, 6) is 2.70. The first-order valence-electron chi connectivity index (χ1n) is 10.6. The lowest BCUT2D eigenvalue weighted by Gasteiger charge is -2.37. The first kappa shape index (κ1) is 18.7. The predicted octanol–water partition coefficient (Wildman–Crippen LogP) is 2.64. The van der Waals surface area contributed by atoms with Gasteiger partial charge in [0.1, 0.15) is 12.2 Å². The Morgan fingerprint density at radius 3 is 2.85 bits per heavy atom. The highest BCUT2D eigenvalue weighted by molar-refractivity contribution is 5.74. The largest absolute Gasteiger partial charge is 0.381 e. The number of nitrogens with one attached hydrogen (secondary N) is 1. The van der Waals surface area contributed by atoms with E-state index in [0.717, 1.165) is 70.4 Å². The standard InChI is InChI=1S/C20H33N5O2/c1-15(2)5-8-21-19(26)24-12-17(20(13-24)6-9-27-10-7-20)18-23-22-14-25(18)11-16-3-4-16/h14-17H,3-13H2,1-2H3,(H,21,26). The van der Waals surface area contributed by atoms with Crippen molar-refractivity contribution in [3.05, 3.63) is 12.2 Å². The molecule has 0 radical (unpaired) electrons. The van der Waals surface area contributed by atoms with Crippen molar-refractivity contribution in [2.24, 2.45) is 17.3 Å². The van der Waals surface area contributed by atoms with E-state index in [0.29, 0.717) is 5.92 Å². The summed E-state index contributed by atoms with van der Waals surface area (Å²) in [5.41, 5.74) is 0.0714. The van der Waals surface area contributed by atoms with Crippen molar-refractivity contribution in [2.45, 2.75) is 58.4 Å². The van der Waals surface area contributed by atoms with Gasteiger partial charge in [-0.25, -0.2) is 4.79 Å². The third kappa shape index (κ3) is 4.13. The Kier molecular flexibility index (Phi) is 5.39. The third-order valence-corrected chi connectivity index (χ3v) is 6.53. The molecule has 2 aliphatic heterocycles. The fraction of sp³-hybridized carbons (Fsp3) is 0.850. The lowest BCUT2D eigenvalue weighted by atomic mass is 9.71. The second-order valence-corrected chi connectivity index (χ2v) is 9.11. The van der Waals surface area contributed by atoms with Crippen molar-refractivity contribution < 1.29 is 9.53 Å². The highest BCUT2D eigenvalue weighted by Crippen LogP contribution is 2.49. The number of carbonyl (C=O) groups excluding carboxylic acids is 1. The summed E-state index contributed by atoms with van der Waals surface area (Å²) < 4.78 is 7.90. The number of carbonyl (C=O) groups is 1. The molecular formula is C20H33N5O2. The topological polar surface area (TPSA) is 72.3 Å². The van der Waals surface area contributed by atoms with Crippen molar-refractivity contribution in [2.75, 3.05) is 32.8 Å². The summed E-state index contributed by atoms with van der Waals surface area (Å²) in [5, 5.41) is 11.9. The average Bonchev–Trinajstić information content (AvgIpc) is 3.23. The van der Waals surface area contributed by atoms with E-state index in [1.165, 1.54) is 12.8 Å². The maximum absolute atomic E-state index is 12.8. The molecule has 1 unspecified atom stereocenters. The molecule has 7 heteroatoms. The van der Waals surface area contributed by atoms with Gasteiger partial charge in [-0.3, -0.25) is 0 Å². The van der Waals surface area contributed by atoms with Crippen LogP contribution in [0.4, 0.5) is 4.79 Å². The normalized spacial score (nSPS) is 24.7. The molecule has 4 rings (SSSR count). The minimum Gasteiger partial charge on any atom is -0.381 e. The quantitative estimate of drug-likeness (QED) is 0.830. The number of nitrogens with zero attached hydrogens (tertiary/aromatic N) is 4. The lowest BCUT2D eigenvalue weighted by Crippen LogP contribution is -2.41. The molecule has 0 bridgehead atoms. The third-order valence-electron chi connectivity index (χ3n) is 6.53. The second kappa shape index (κ2) is 7.78. The highest BCUT2D eigenvalue weighted by atomic mass is 16.5. The van der Waals surface area contributed by atoms with E-state index >= 15 is 0 Å². The van der Waals surface area contributed by atoms with Crippen LogP contribution < -0.4 is 5.32 Å². The molecule has 1 atom stereocenters. The van der Waals surface area contributed by atoms with Crippen LogP contribution in [0.25, 0.3) is 0 Å². The van der Waals surface area contributed by atoms with Gasteiger partial charge >= 0.3 is 6.03 Å². The molecule has 7 nitrogen and oxygen atoms in total. The second-order valence-electron chi connectivity index (χ2n) is 9.11. The number of likely N-dealkylation sites (tertiary alicyclic amines) is 1. The summed E-state index contributed by atoms with van der Waals surface area (Å²) in [6, 6.07) is 0.0669. The molecule has 1 aromatic heterocycles. The lowest BCUT2D eigenvalue weighted by molar-refractivity contribution is 0.0119. The zero-order valence-corrected chi connectivity index (χ0v) is 16.7. The summed E-state index contributed by atoms with van der Waals surface area (Å²) in [4.78, 5) is 14.8. The summed E-state index contributed by atoms with van der Waals surface area (Å²) in [6.07, 6.45) is 7.49. The van der Waals surface area contributed by atoms with Gasteiger partial charge in [0, 0.05) is 50.7 Å². The Morgan fingerprint density at radius 1 is 1.37 bits per heavy atom. The molecular weight excluding hydrogens is 342 g/mol.